The van der Waals surface area contributed by atoms with Crippen molar-refractivity contribution in [2.24, 2.45) is 0 Å². The van der Waals surface area contributed by atoms with Crippen LogP contribution in [-0.4, -0.2) is 44.8 Å². The second-order valence-corrected chi connectivity index (χ2v) is 7.70. The number of nitrogens with zero attached hydrogens (tertiary/aromatic N) is 5. The van der Waals surface area contributed by atoms with Gasteiger partial charge in [0.1, 0.15) is 12.1 Å². The molecule has 1 fully saturated rings. The Bertz CT molecular complexity index is 1060. The molecule has 1 aromatic carbocycles. The Labute approximate surface area is 180 Å². The van der Waals surface area contributed by atoms with E-state index in [1.165, 1.54) is 0 Å². The van der Waals surface area contributed by atoms with Crippen molar-refractivity contribution in [1.82, 2.24) is 24.8 Å². The van der Waals surface area contributed by atoms with Crippen LogP contribution in [0.1, 0.15) is 31.2 Å². The molecule has 0 bridgehead atoms. The predicted octanol–water partition coefficient (Wildman–Crippen LogP) is 2.46. The first kappa shape index (κ1) is 19.3. The zero-order valence-corrected chi connectivity index (χ0v) is 17.1. The second kappa shape index (κ2) is 8.63. The molecule has 1 unspecified atom stereocenters. The average Bonchev–Trinajstić information content (AvgIpc) is 3.50. The van der Waals surface area contributed by atoms with E-state index in [4.69, 9.17) is 14.5 Å². The lowest BCUT2D eigenvalue weighted by Gasteiger charge is -2.35. The van der Waals surface area contributed by atoms with Crippen molar-refractivity contribution in [3.63, 3.8) is 0 Å². The number of anilines is 1. The maximum atomic E-state index is 12.7. The molecule has 1 atom stereocenters. The summed E-state index contributed by atoms with van der Waals surface area (Å²) < 4.78 is 12.6. The normalized spacial score (nSPS) is 17.5. The van der Waals surface area contributed by atoms with Gasteiger partial charge in [0.05, 0.1) is 0 Å². The summed E-state index contributed by atoms with van der Waals surface area (Å²) in [4.78, 5) is 28.1. The Hall–Kier alpha value is -3.62. The Balaban J connectivity index is 1.23. The highest BCUT2D eigenvalue weighted by molar-refractivity contribution is 5.77. The van der Waals surface area contributed by atoms with Crippen LogP contribution in [0, 0.1) is 0 Å². The minimum Gasteiger partial charge on any atom is -0.454 e. The molecule has 9 heteroatoms. The molecule has 2 aliphatic heterocycles. The Morgan fingerprint density at radius 2 is 2.10 bits per heavy atom. The van der Waals surface area contributed by atoms with Crippen LogP contribution < -0.4 is 19.7 Å². The number of hydrogen-bond acceptors (Lipinski definition) is 7. The topological polar surface area (TPSA) is 94.4 Å². The van der Waals surface area contributed by atoms with Gasteiger partial charge in [-0.25, -0.2) is 9.97 Å². The number of amides is 1. The molecule has 1 N–H and O–H groups in total. The van der Waals surface area contributed by atoms with Crippen LogP contribution in [0.5, 0.6) is 11.5 Å². The monoisotopic (exact) mass is 420 g/mol. The van der Waals surface area contributed by atoms with Gasteiger partial charge in [-0.3, -0.25) is 9.36 Å². The summed E-state index contributed by atoms with van der Waals surface area (Å²) in [6, 6.07) is 7.64. The lowest BCUT2D eigenvalue weighted by molar-refractivity contribution is -0.121. The molecule has 0 saturated carbocycles. The van der Waals surface area contributed by atoms with Crippen LogP contribution in [0.3, 0.4) is 0 Å². The molecule has 9 nitrogen and oxygen atoms in total. The smallest absolute Gasteiger partial charge is 0.231 e. The standard InChI is InChI=1S/C22H24N6O3/c29-21(25-13-16-4-5-18-19(11-16)31-15-30-18)12-17-3-1-2-9-28(17)22-24-7-6-20(26-22)27-10-8-23-14-27/h4-8,10-11,14,17H,1-3,9,12-13,15H2,(H,25,29). The zero-order valence-electron chi connectivity index (χ0n) is 17.1. The highest BCUT2D eigenvalue weighted by Crippen LogP contribution is 2.32. The van der Waals surface area contributed by atoms with E-state index in [2.05, 4.69) is 20.2 Å². The van der Waals surface area contributed by atoms with E-state index in [1.807, 2.05) is 35.0 Å². The van der Waals surface area contributed by atoms with Gasteiger partial charge >= 0.3 is 0 Å². The maximum absolute atomic E-state index is 12.7. The molecule has 0 spiro atoms. The zero-order chi connectivity index (χ0) is 21.0. The fourth-order valence-corrected chi connectivity index (χ4v) is 4.03. The Morgan fingerprint density at radius 3 is 3.00 bits per heavy atom. The summed E-state index contributed by atoms with van der Waals surface area (Å²) >= 11 is 0. The van der Waals surface area contributed by atoms with Crippen LogP contribution in [0.15, 0.2) is 49.2 Å². The van der Waals surface area contributed by atoms with Crippen molar-refractivity contribution in [2.75, 3.05) is 18.2 Å². The fourth-order valence-electron chi connectivity index (χ4n) is 4.03. The van der Waals surface area contributed by atoms with Gasteiger partial charge < -0.3 is 19.7 Å². The van der Waals surface area contributed by atoms with Crippen LogP contribution >= 0.6 is 0 Å². The first-order chi connectivity index (χ1) is 15.3. The van der Waals surface area contributed by atoms with Crippen molar-refractivity contribution in [3.8, 4) is 17.3 Å². The predicted molar refractivity (Wildman–Crippen MR) is 113 cm³/mol. The summed E-state index contributed by atoms with van der Waals surface area (Å²) in [6.07, 6.45) is 10.5. The molecule has 1 saturated heterocycles. The van der Waals surface area contributed by atoms with Crippen molar-refractivity contribution in [2.45, 2.75) is 38.3 Å². The highest BCUT2D eigenvalue weighted by atomic mass is 16.7. The SMILES string of the molecule is O=C(CC1CCCCN1c1nccc(-n2ccnc2)n1)NCc1ccc2c(c1)OCO2. The average molecular weight is 420 g/mol. The molecular formula is C22H24N6O3. The van der Waals surface area contributed by atoms with E-state index in [1.54, 1.807) is 18.7 Å². The minimum atomic E-state index is 0.0142. The maximum Gasteiger partial charge on any atom is 0.231 e. The molecule has 0 radical (unpaired) electrons. The molecule has 4 heterocycles. The number of ether oxygens (including phenoxy) is 2. The van der Waals surface area contributed by atoms with Gasteiger partial charge in [0.2, 0.25) is 18.6 Å². The van der Waals surface area contributed by atoms with Crippen LogP contribution in [0.25, 0.3) is 5.82 Å². The van der Waals surface area contributed by atoms with E-state index in [9.17, 15) is 4.79 Å². The van der Waals surface area contributed by atoms with Crippen LogP contribution in [-0.2, 0) is 11.3 Å². The van der Waals surface area contributed by atoms with Crippen LogP contribution in [0.4, 0.5) is 5.95 Å². The van der Waals surface area contributed by atoms with Gasteiger partial charge in [-0.05, 0) is 43.0 Å². The molecule has 31 heavy (non-hydrogen) atoms. The second-order valence-electron chi connectivity index (χ2n) is 7.70. The quantitative estimate of drug-likeness (QED) is 0.655. The molecule has 2 aliphatic rings. The minimum absolute atomic E-state index is 0.0142. The van der Waals surface area contributed by atoms with Gasteiger partial charge in [-0.15, -0.1) is 0 Å². The van der Waals surface area contributed by atoms with Crippen molar-refractivity contribution in [3.05, 3.63) is 54.7 Å². The third kappa shape index (κ3) is 4.30. The summed E-state index contributed by atoms with van der Waals surface area (Å²) in [6.45, 7) is 1.54. The Kier molecular flexibility index (Phi) is 5.39. The van der Waals surface area contributed by atoms with E-state index in [0.717, 1.165) is 48.7 Å². The summed E-state index contributed by atoms with van der Waals surface area (Å²) in [7, 11) is 0. The lowest BCUT2D eigenvalue weighted by atomic mass is 9.99. The van der Waals surface area contributed by atoms with Gasteiger partial charge in [-0.1, -0.05) is 6.07 Å². The van der Waals surface area contributed by atoms with E-state index in [0.29, 0.717) is 18.9 Å². The Morgan fingerprint density at radius 1 is 1.16 bits per heavy atom. The van der Waals surface area contributed by atoms with Crippen LogP contribution in [0.2, 0.25) is 0 Å². The number of rotatable bonds is 6. The number of fused-ring (bicyclic) bond motifs is 1. The highest BCUT2D eigenvalue weighted by Gasteiger charge is 2.27. The first-order valence-corrected chi connectivity index (χ1v) is 10.5. The fraction of sp³-hybridized carbons (Fsp3) is 0.364. The van der Waals surface area contributed by atoms with Crippen molar-refractivity contribution >= 4 is 11.9 Å². The summed E-state index contributed by atoms with van der Waals surface area (Å²) in [5, 5.41) is 3.03. The molecule has 2 aromatic heterocycles. The van der Waals surface area contributed by atoms with Gasteiger partial charge in [0.15, 0.2) is 11.5 Å². The van der Waals surface area contributed by atoms with Crippen molar-refractivity contribution in [1.29, 1.82) is 0 Å². The number of carbonyl (C=O) groups excluding carboxylic acids is 1. The molecule has 3 aromatic rings. The number of piperidine rings is 1. The third-order valence-corrected chi connectivity index (χ3v) is 5.63. The third-order valence-electron chi connectivity index (χ3n) is 5.63. The molecule has 0 aliphatic carbocycles. The number of aromatic nitrogens is 4. The van der Waals surface area contributed by atoms with Crippen molar-refractivity contribution < 1.29 is 14.3 Å². The van der Waals surface area contributed by atoms with Gasteiger partial charge in [0.25, 0.3) is 0 Å². The number of benzene rings is 1. The molecular weight excluding hydrogens is 396 g/mol. The summed E-state index contributed by atoms with van der Waals surface area (Å²) in [5.41, 5.74) is 0.981. The van der Waals surface area contributed by atoms with E-state index in [-0.39, 0.29) is 18.7 Å². The molecule has 160 valence electrons. The number of imidazole rings is 1. The first-order valence-electron chi connectivity index (χ1n) is 10.5. The van der Waals surface area contributed by atoms with E-state index >= 15 is 0 Å². The molecule has 5 rings (SSSR count). The summed E-state index contributed by atoms with van der Waals surface area (Å²) in [5.74, 6) is 2.89. The number of nitrogens with one attached hydrogen (secondary N) is 1. The number of carbonyl (C=O) groups is 1. The molecule has 1 amide bonds. The lowest BCUT2D eigenvalue weighted by Crippen LogP contribution is -2.43. The largest absolute Gasteiger partial charge is 0.454 e. The number of hydrogen-bond donors (Lipinski definition) is 1. The van der Waals surface area contributed by atoms with Gasteiger partial charge in [0, 0.05) is 44.1 Å². The van der Waals surface area contributed by atoms with E-state index < -0.39 is 0 Å². The van der Waals surface area contributed by atoms with Gasteiger partial charge in [-0.2, -0.15) is 4.98 Å².